The molecular formula is C11H27N3. The zero-order chi connectivity index (χ0) is 10.8. The maximum atomic E-state index is 6.04. The van der Waals surface area contributed by atoms with Crippen molar-refractivity contribution < 1.29 is 0 Å². The predicted octanol–water partition coefficient (Wildman–Crippen LogP) is 1.17. The molecule has 4 N–H and O–H groups in total. The van der Waals surface area contributed by atoms with Crippen LogP contribution >= 0.6 is 0 Å². The third-order valence-electron chi connectivity index (χ3n) is 2.67. The number of hydrogen-bond donors (Lipinski definition) is 2. The number of likely N-dealkylation sites (N-methyl/N-ethyl adjacent to an activating group) is 1. The van der Waals surface area contributed by atoms with Crippen molar-refractivity contribution in [3.63, 3.8) is 0 Å². The van der Waals surface area contributed by atoms with E-state index < -0.39 is 0 Å². The maximum Gasteiger partial charge on any atom is 0.0167 e. The predicted molar refractivity (Wildman–Crippen MR) is 63.3 cm³/mol. The molecule has 0 saturated carbocycles. The van der Waals surface area contributed by atoms with Gasteiger partial charge in [-0.25, -0.2) is 0 Å². The lowest BCUT2D eigenvalue weighted by molar-refractivity contribution is 0.276. The zero-order valence-electron chi connectivity index (χ0n) is 9.84. The molecule has 0 aromatic heterocycles. The molecule has 0 fully saturated rings. The Hall–Kier alpha value is -0.120. The summed E-state index contributed by atoms with van der Waals surface area (Å²) in [5, 5.41) is 0. The summed E-state index contributed by atoms with van der Waals surface area (Å²) < 4.78 is 0. The van der Waals surface area contributed by atoms with Gasteiger partial charge in [0.25, 0.3) is 0 Å². The van der Waals surface area contributed by atoms with Crippen LogP contribution in [0.1, 0.15) is 39.5 Å². The van der Waals surface area contributed by atoms with Gasteiger partial charge in [0.15, 0.2) is 0 Å². The lowest BCUT2D eigenvalue weighted by atomic mass is 10.1. The Balaban J connectivity index is 3.38. The second kappa shape index (κ2) is 9.44. The molecule has 0 radical (unpaired) electrons. The van der Waals surface area contributed by atoms with Crippen molar-refractivity contribution in [2.24, 2.45) is 11.5 Å². The molecule has 0 bridgehead atoms. The molecule has 0 aromatic rings. The van der Waals surface area contributed by atoms with Crippen LogP contribution in [-0.4, -0.2) is 37.1 Å². The van der Waals surface area contributed by atoms with Gasteiger partial charge < -0.3 is 16.4 Å². The Bertz CT molecular complexity index is 113. The fraction of sp³-hybridized carbons (Fsp3) is 1.00. The molecule has 0 amide bonds. The summed E-state index contributed by atoms with van der Waals surface area (Å²) in [6.45, 7) is 8.43. The summed E-state index contributed by atoms with van der Waals surface area (Å²) in [5.41, 5.74) is 11.5. The second-order valence-electron chi connectivity index (χ2n) is 3.88. The molecule has 0 aliphatic heterocycles. The van der Waals surface area contributed by atoms with Gasteiger partial charge in [-0.05, 0) is 32.5 Å². The molecule has 0 heterocycles. The topological polar surface area (TPSA) is 55.3 Å². The highest BCUT2D eigenvalue weighted by Gasteiger charge is 2.06. The average Bonchev–Trinajstić information content (AvgIpc) is 2.21. The van der Waals surface area contributed by atoms with E-state index in [0.29, 0.717) is 6.04 Å². The second-order valence-corrected chi connectivity index (χ2v) is 3.88. The summed E-state index contributed by atoms with van der Waals surface area (Å²) in [6, 6.07) is 0.340. The van der Waals surface area contributed by atoms with Crippen LogP contribution in [0.5, 0.6) is 0 Å². The molecule has 1 unspecified atom stereocenters. The fourth-order valence-electron chi connectivity index (χ4n) is 1.63. The van der Waals surface area contributed by atoms with Gasteiger partial charge in [0.2, 0.25) is 0 Å². The highest BCUT2D eigenvalue weighted by Crippen LogP contribution is 2.03. The summed E-state index contributed by atoms with van der Waals surface area (Å²) in [6.07, 6.45) is 4.72. The summed E-state index contributed by atoms with van der Waals surface area (Å²) in [4.78, 5) is 2.38. The molecule has 14 heavy (non-hydrogen) atoms. The summed E-state index contributed by atoms with van der Waals surface area (Å²) >= 11 is 0. The first-order valence-electron chi connectivity index (χ1n) is 5.92. The fourth-order valence-corrected chi connectivity index (χ4v) is 1.63. The van der Waals surface area contributed by atoms with E-state index in [1.165, 1.54) is 12.8 Å². The molecule has 3 nitrogen and oxygen atoms in total. The largest absolute Gasteiger partial charge is 0.330 e. The van der Waals surface area contributed by atoms with Crippen molar-refractivity contribution in [2.45, 2.75) is 45.6 Å². The number of hydrogen-bond acceptors (Lipinski definition) is 3. The zero-order valence-corrected chi connectivity index (χ0v) is 9.84. The third kappa shape index (κ3) is 7.30. The van der Waals surface area contributed by atoms with Gasteiger partial charge in [0, 0.05) is 12.6 Å². The van der Waals surface area contributed by atoms with Gasteiger partial charge >= 0.3 is 0 Å². The normalized spacial score (nSPS) is 13.5. The van der Waals surface area contributed by atoms with E-state index in [-0.39, 0.29) is 0 Å². The first-order chi connectivity index (χ1) is 6.74. The van der Waals surface area contributed by atoms with E-state index in [9.17, 15) is 0 Å². The molecule has 0 aromatic carbocycles. The molecule has 3 heteroatoms. The molecular weight excluding hydrogens is 174 g/mol. The first kappa shape index (κ1) is 13.9. The molecule has 86 valence electrons. The molecule has 0 rings (SSSR count). The summed E-state index contributed by atoms with van der Waals surface area (Å²) in [7, 11) is 0. The van der Waals surface area contributed by atoms with Gasteiger partial charge in [-0.2, -0.15) is 0 Å². The molecule has 0 spiro atoms. The van der Waals surface area contributed by atoms with E-state index in [2.05, 4.69) is 18.7 Å². The van der Waals surface area contributed by atoms with Gasteiger partial charge in [0.05, 0.1) is 0 Å². The van der Waals surface area contributed by atoms with Crippen molar-refractivity contribution >= 4 is 0 Å². The Morgan fingerprint density at radius 3 is 2.21 bits per heavy atom. The van der Waals surface area contributed by atoms with Crippen molar-refractivity contribution in [3.8, 4) is 0 Å². The van der Waals surface area contributed by atoms with Crippen LogP contribution in [0.25, 0.3) is 0 Å². The number of rotatable bonds is 9. The van der Waals surface area contributed by atoms with E-state index in [1.54, 1.807) is 0 Å². The maximum absolute atomic E-state index is 6.04. The molecule has 0 aliphatic carbocycles. The lowest BCUT2D eigenvalue weighted by Crippen LogP contribution is -2.37. The van der Waals surface area contributed by atoms with Crippen molar-refractivity contribution in [1.82, 2.24) is 4.90 Å². The minimum atomic E-state index is 0.340. The van der Waals surface area contributed by atoms with Crippen LogP contribution in [0.15, 0.2) is 0 Å². The monoisotopic (exact) mass is 201 g/mol. The van der Waals surface area contributed by atoms with E-state index in [4.69, 9.17) is 11.5 Å². The third-order valence-corrected chi connectivity index (χ3v) is 2.67. The van der Waals surface area contributed by atoms with Crippen LogP contribution in [0.3, 0.4) is 0 Å². The van der Waals surface area contributed by atoms with Crippen molar-refractivity contribution in [1.29, 1.82) is 0 Å². The van der Waals surface area contributed by atoms with Gasteiger partial charge in [0.1, 0.15) is 0 Å². The molecule has 1 atom stereocenters. The Labute approximate surface area is 88.8 Å². The number of nitrogens with zero attached hydrogens (tertiary/aromatic N) is 1. The summed E-state index contributed by atoms with van der Waals surface area (Å²) in [5.74, 6) is 0. The van der Waals surface area contributed by atoms with E-state index in [1.807, 2.05) is 0 Å². The standard InChI is InChI=1S/C11H27N3/c1-3-14(4-2)10-11(13)8-6-5-7-9-12/h11H,3-10,12-13H2,1-2H3. The van der Waals surface area contributed by atoms with Gasteiger partial charge in [-0.3, -0.25) is 0 Å². The molecule has 0 saturated heterocycles. The number of unbranched alkanes of at least 4 members (excludes halogenated alkanes) is 2. The van der Waals surface area contributed by atoms with Gasteiger partial charge in [-0.1, -0.05) is 26.7 Å². The lowest BCUT2D eigenvalue weighted by Gasteiger charge is -2.22. The SMILES string of the molecule is CCN(CC)CC(N)CCCCCN. The Morgan fingerprint density at radius 1 is 1.07 bits per heavy atom. The number of nitrogens with two attached hydrogens (primary N) is 2. The minimum absolute atomic E-state index is 0.340. The van der Waals surface area contributed by atoms with Crippen molar-refractivity contribution in [2.75, 3.05) is 26.2 Å². The van der Waals surface area contributed by atoms with E-state index >= 15 is 0 Å². The van der Waals surface area contributed by atoms with Crippen LogP contribution < -0.4 is 11.5 Å². The van der Waals surface area contributed by atoms with Crippen LogP contribution in [-0.2, 0) is 0 Å². The van der Waals surface area contributed by atoms with Crippen LogP contribution in [0.2, 0.25) is 0 Å². The Kier molecular flexibility index (Phi) is 9.35. The quantitative estimate of drug-likeness (QED) is 0.551. The first-order valence-corrected chi connectivity index (χ1v) is 5.92. The minimum Gasteiger partial charge on any atom is -0.330 e. The highest BCUT2D eigenvalue weighted by atomic mass is 15.1. The Morgan fingerprint density at radius 2 is 1.71 bits per heavy atom. The molecule has 0 aliphatic rings. The highest BCUT2D eigenvalue weighted by molar-refractivity contribution is 4.66. The van der Waals surface area contributed by atoms with Crippen LogP contribution in [0.4, 0.5) is 0 Å². The van der Waals surface area contributed by atoms with Crippen molar-refractivity contribution in [3.05, 3.63) is 0 Å². The van der Waals surface area contributed by atoms with Crippen LogP contribution in [0, 0.1) is 0 Å². The van der Waals surface area contributed by atoms with E-state index in [0.717, 1.165) is 39.0 Å². The van der Waals surface area contributed by atoms with Gasteiger partial charge in [-0.15, -0.1) is 0 Å². The smallest absolute Gasteiger partial charge is 0.0167 e. The average molecular weight is 201 g/mol.